The van der Waals surface area contributed by atoms with Gasteiger partial charge in [0.2, 0.25) is 10.0 Å². The van der Waals surface area contributed by atoms with Crippen LogP contribution in [0.4, 0.5) is 0 Å². The molecule has 0 unspecified atom stereocenters. The molecule has 0 radical (unpaired) electrons. The largest absolute Gasteiger partial charge is 0.299 e. The average Bonchev–Trinajstić information content (AvgIpc) is 2.37. The van der Waals surface area contributed by atoms with Crippen LogP contribution in [-0.2, 0) is 10.0 Å². The number of aryl methyl sites for hydroxylation is 1. The first-order valence-corrected chi connectivity index (χ1v) is 7.78. The van der Waals surface area contributed by atoms with Crippen molar-refractivity contribution in [1.82, 2.24) is 9.62 Å². The lowest BCUT2D eigenvalue weighted by molar-refractivity contribution is 0.463. The van der Waals surface area contributed by atoms with Gasteiger partial charge in [-0.15, -0.1) is 0 Å². The van der Waals surface area contributed by atoms with Crippen molar-refractivity contribution in [2.45, 2.75) is 6.92 Å². The molecule has 0 spiro atoms. The van der Waals surface area contributed by atoms with E-state index in [1.54, 1.807) is 6.08 Å². The lowest BCUT2D eigenvalue weighted by atomic mass is 10.2. The molecule has 0 atom stereocenters. The highest BCUT2D eigenvalue weighted by molar-refractivity contribution is 7.92. The van der Waals surface area contributed by atoms with Crippen molar-refractivity contribution >= 4 is 16.1 Å². The van der Waals surface area contributed by atoms with Gasteiger partial charge in [0.15, 0.2) is 0 Å². The van der Waals surface area contributed by atoms with Crippen LogP contribution in [0.25, 0.3) is 6.08 Å². The maximum Gasteiger partial charge on any atom is 0.234 e. The minimum atomic E-state index is -3.44. The van der Waals surface area contributed by atoms with Gasteiger partial charge >= 0.3 is 0 Å². The summed E-state index contributed by atoms with van der Waals surface area (Å²) in [5, 5.41) is 1.16. The van der Waals surface area contributed by atoms with Gasteiger partial charge in [-0.1, -0.05) is 41.7 Å². The molecule has 0 bridgehead atoms. The molecule has 0 aliphatic carbocycles. The highest BCUT2D eigenvalue weighted by Crippen LogP contribution is 2.05. The van der Waals surface area contributed by atoms with Crippen molar-refractivity contribution in [3.05, 3.63) is 40.8 Å². The van der Waals surface area contributed by atoms with Crippen LogP contribution in [-0.4, -0.2) is 40.5 Å². The van der Waals surface area contributed by atoms with Gasteiger partial charge in [0.05, 0.1) is 13.1 Å². The smallest absolute Gasteiger partial charge is 0.234 e. The first kappa shape index (κ1) is 16.4. The summed E-state index contributed by atoms with van der Waals surface area (Å²) in [4.78, 5) is 1.92. The zero-order valence-electron chi connectivity index (χ0n) is 12.1. The Hall–Kier alpha value is -1.61. The van der Waals surface area contributed by atoms with Crippen LogP contribution in [0.5, 0.6) is 0 Å². The van der Waals surface area contributed by atoms with Gasteiger partial charge < -0.3 is 0 Å². The van der Waals surface area contributed by atoms with Crippen LogP contribution in [0.1, 0.15) is 11.1 Å². The van der Waals surface area contributed by atoms with Crippen molar-refractivity contribution in [1.29, 1.82) is 0 Å². The maximum absolute atomic E-state index is 11.7. The van der Waals surface area contributed by atoms with Crippen molar-refractivity contribution in [3.63, 3.8) is 0 Å². The molecule has 0 heterocycles. The third kappa shape index (κ3) is 7.10. The molecular formula is C15H20N2O2S. The highest BCUT2D eigenvalue weighted by Gasteiger charge is 2.02. The van der Waals surface area contributed by atoms with Crippen molar-refractivity contribution < 1.29 is 8.42 Å². The molecule has 0 aromatic heterocycles. The molecule has 1 aromatic carbocycles. The quantitative estimate of drug-likeness (QED) is 0.836. The van der Waals surface area contributed by atoms with Gasteiger partial charge in [0, 0.05) is 5.41 Å². The van der Waals surface area contributed by atoms with Crippen LogP contribution in [0.3, 0.4) is 0 Å². The van der Waals surface area contributed by atoms with Gasteiger partial charge in [0.1, 0.15) is 0 Å². The molecule has 0 amide bonds. The Morgan fingerprint density at radius 2 is 1.85 bits per heavy atom. The maximum atomic E-state index is 11.7. The zero-order chi connectivity index (χ0) is 15.0. The van der Waals surface area contributed by atoms with Gasteiger partial charge in [-0.05, 0) is 32.7 Å². The molecule has 0 aliphatic rings. The lowest BCUT2D eigenvalue weighted by Gasteiger charge is -2.01. The van der Waals surface area contributed by atoms with E-state index in [0.29, 0.717) is 6.54 Å². The van der Waals surface area contributed by atoms with E-state index in [-0.39, 0.29) is 6.54 Å². The molecule has 1 rings (SSSR count). The monoisotopic (exact) mass is 292 g/mol. The Kier molecular flexibility index (Phi) is 6.46. The number of rotatable bonds is 5. The summed E-state index contributed by atoms with van der Waals surface area (Å²) >= 11 is 0. The van der Waals surface area contributed by atoms with E-state index in [0.717, 1.165) is 16.5 Å². The topological polar surface area (TPSA) is 49.4 Å². The van der Waals surface area contributed by atoms with Gasteiger partial charge in [0.25, 0.3) is 0 Å². The second kappa shape index (κ2) is 7.85. The summed E-state index contributed by atoms with van der Waals surface area (Å²) in [7, 11) is 0.375. The molecular weight excluding hydrogens is 272 g/mol. The molecule has 4 nitrogen and oxygen atoms in total. The Balaban J connectivity index is 2.52. The summed E-state index contributed by atoms with van der Waals surface area (Å²) < 4.78 is 25.8. The fraction of sp³-hybridized carbons (Fsp3) is 0.333. The minimum Gasteiger partial charge on any atom is -0.299 e. The second-order valence-electron chi connectivity index (χ2n) is 4.67. The zero-order valence-corrected chi connectivity index (χ0v) is 12.9. The summed E-state index contributed by atoms with van der Waals surface area (Å²) in [6.45, 7) is 2.72. The van der Waals surface area contributed by atoms with E-state index in [1.165, 1.54) is 0 Å². The second-order valence-corrected chi connectivity index (χ2v) is 6.32. The van der Waals surface area contributed by atoms with Crippen LogP contribution in [0.2, 0.25) is 0 Å². The number of hydrogen-bond acceptors (Lipinski definition) is 3. The number of sulfonamides is 1. The molecule has 0 saturated heterocycles. The normalized spacial score (nSPS) is 11.6. The Labute approximate surface area is 121 Å². The molecule has 0 saturated carbocycles. The summed E-state index contributed by atoms with van der Waals surface area (Å²) in [5.41, 5.74) is 1.99. The summed E-state index contributed by atoms with van der Waals surface area (Å²) in [5.74, 6) is 5.62. The van der Waals surface area contributed by atoms with Crippen LogP contribution >= 0.6 is 0 Å². The first-order chi connectivity index (χ1) is 9.39. The fourth-order valence-corrected chi connectivity index (χ4v) is 2.01. The van der Waals surface area contributed by atoms with Crippen LogP contribution < -0.4 is 4.72 Å². The van der Waals surface area contributed by atoms with Crippen molar-refractivity contribution in [3.8, 4) is 11.8 Å². The minimum absolute atomic E-state index is 0.119. The number of nitrogens with one attached hydrogen (secondary N) is 1. The Morgan fingerprint density at radius 1 is 1.20 bits per heavy atom. The highest BCUT2D eigenvalue weighted by atomic mass is 32.2. The number of nitrogens with zero attached hydrogens (tertiary/aromatic N) is 1. The Bertz CT molecular complexity index is 606. The first-order valence-electron chi connectivity index (χ1n) is 6.24. The third-order valence-electron chi connectivity index (χ3n) is 2.40. The van der Waals surface area contributed by atoms with Gasteiger partial charge in [-0.2, -0.15) is 4.72 Å². The van der Waals surface area contributed by atoms with Gasteiger partial charge in [-0.3, -0.25) is 4.90 Å². The Morgan fingerprint density at radius 3 is 2.45 bits per heavy atom. The van der Waals surface area contributed by atoms with Crippen molar-refractivity contribution in [2.75, 3.05) is 27.2 Å². The molecule has 108 valence electrons. The predicted octanol–water partition coefficient (Wildman–Crippen LogP) is 1.45. The molecule has 1 aromatic rings. The number of hydrogen-bond donors (Lipinski definition) is 1. The SMILES string of the molecule is Cc1ccc(/C=C/S(=O)(=O)NCC#CCN(C)C)cc1. The molecule has 0 aliphatic heterocycles. The fourth-order valence-electron chi connectivity index (χ4n) is 1.31. The molecule has 1 N–H and O–H groups in total. The van der Waals surface area contributed by atoms with E-state index >= 15 is 0 Å². The molecule has 5 heteroatoms. The average molecular weight is 292 g/mol. The van der Waals surface area contributed by atoms with Crippen LogP contribution in [0, 0.1) is 18.8 Å². The molecule has 20 heavy (non-hydrogen) atoms. The molecule has 0 fully saturated rings. The van der Waals surface area contributed by atoms with E-state index in [9.17, 15) is 8.42 Å². The lowest BCUT2D eigenvalue weighted by Crippen LogP contribution is -2.21. The van der Waals surface area contributed by atoms with Crippen molar-refractivity contribution in [2.24, 2.45) is 0 Å². The van der Waals surface area contributed by atoms with E-state index in [1.807, 2.05) is 50.2 Å². The standard InChI is InChI=1S/C15H20N2O2S/c1-14-6-8-15(9-7-14)10-13-20(18,19)16-11-4-5-12-17(2)3/h6-10,13,16H,11-12H2,1-3H3/b13-10+. The van der Waals surface area contributed by atoms with Gasteiger partial charge in [-0.25, -0.2) is 8.42 Å². The van der Waals surface area contributed by atoms with E-state index in [2.05, 4.69) is 16.6 Å². The van der Waals surface area contributed by atoms with Crippen LogP contribution in [0.15, 0.2) is 29.7 Å². The van der Waals surface area contributed by atoms with E-state index < -0.39 is 10.0 Å². The predicted molar refractivity (Wildman–Crippen MR) is 83.5 cm³/mol. The summed E-state index contributed by atoms with van der Waals surface area (Å²) in [6, 6.07) is 7.62. The van der Waals surface area contributed by atoms with E-state index in [4.69, 9.17) is 0 Å². The third-order valence-corrected chi connectivity index (χ3v) is 3.44. The summed E-state index contributed by atoms with van der Waals surface area (Å²) in [6.07, 6.45) is 1.56. The number of benzene rings is 1.